The van der Waals surface area contributed by atoms with Crippen molar-refractivity contribution in [1.82, 2.24) is 9.55 Å². The molecule has 0 aliphatic carbocycles. The molecule has 0 atom stereocenters. The summed E-state index contributed by atoms with van der Waals surface area (Å²) in [5.74, 6) is 0. The first-order chi connectivity index (χ1) is 10.7. The van der Waals surface area contributed by atoms with E-state index in [-0.39, 0.29) is 0 Å². The zero-order chi connectivity index (χ0) is 15.8. The molecule has 2 nitrogen and oxygen atoms in total. The number of allylic oxidation sites excluding steroid dienone is 1. The van der Waals surface area contributed by atoms with E-state index in [1.165, 1.54) is 10.9 Å². The molecule has 0 amide bonds. The fourth-order valence-corrected chi connectivity index (χ4v) is 2.16. The van der Waals surface area contributed by atoms with Gasteiger partial charge in [0, 0.05) is 18.1 Å². The minimum absolute atomic E-state index is 0.484. The van der Waals surface area contributed by atoms with E-state index < -0.39 is 0 Å². The molecule has 1 aromatic heterocycles. The van der Waals surface area contributed by atoms with Crippen molar-refractivity contribution in [3.63, 3.8) is 0 Å². The second-order valence-electron chi connectivity index (χ2n) is 5.25. The highest BCUT2D eigenvalue weighted by Gasteiger charge is 2.10. The summed E-state index contributed by atoms with van der Waals surface area (Å²) >= 11 is 0. The van der Waals surface area contributed by atoms with Gasteiger partial charge in [-0.3, -0.25) is 0 Å². The largest absolute Gasteiger partial charge is 0.311 e. The van der Waals surface area contributed by atoms with Gasteiger partial charge in [-0.25, -0.2) is 4.98 Å². The Balaban J connectivity index is 0.000000188. The number of aromatic nitrogens is 2. The van der Waals surface area contributed by atoms with Crippen LogP contribution in [0.25, 0.3) is 5.70 Å². The smallest absolute Gasteiger partial charge is 0.206 e. The Hall–Kier alpha value is -2.55. The molecule has 3 heteroatoms. The van der Waals surface area contributed by atoms with Gasteiger partial charge in [0.05, 0.1) is 6.33 Å². The first-order valence-electron chi connectivity index (χ1n) is 7.42. The molecule has 0 saturated heterocycles. The molecule has 1 heterocycles. The van der Waals surface area contributed by atoms with Gasteiger partial charge in [-0.05, 0) is 6.92 Å². The minimum Gasteiger partial charge on any atom is -0.311 e. The molecule has 3 rings (SSSR count). The average Bonchev–Trinajstić information content (AvgIpc) is 3.11. The number of hydrogen-bond donors (Lipinski definition) is 0. The molecule has 0 unspecified atom stereocenters. The predicted molar refractivity (Wildman–Crippen MR) is 97.0 cm³/mol. The third-order valence-corrected chi connectivity index (χ3v) is 3.54. The number of benzene rings is 2. The maximum Gasteiger partial charge on any atom is 0.206 e. The Kier molecular flexibility index (Phi) is 5.78. The van der Waals surface area contributed by atoms with Crippen LogP contribution in [0.15, 0.2) is 86.0 Å². The fourth-order valence-electron chi connectivity index (χ4n) is 2.16. The summed E-state index contributed by atoms with van der Waals surface area (Å²) in [6.07, 6.45) is 5.32. The molecule has 0 saturated carbocycles. The Bertz CT molecular complexity index is 636. The summed E-state index contributed by atoms with van der Waals surface area (Å²) in [6, 6.07) is 21.2. The molecule has 3 aromatic rings. The van der Waals surface area contributed by atoms with Gasteiger partial charge >= 0.3 is 0 Å². The number of hydrogen-bond acceptors (Lipinski definition) is 1. The van der Waals surface area contributed by atoms with Crippen molar-refractivity contribution in [3.05, 3.63) is 86.0 Å². The van der Waals surface area contributed by atoms with Crippen molar-refractivity contribution >= 4 is 23.3 Å². The minimum atomic E-state index is 0.484. The van der Waals surface area contributed by atoms with Crippen LogP contribution in [0.3, 0.4) is 0 Å². The van der Waals surface area contributed by atoms with E-state index in [1.807, 2.05) is 17.7 Å². The molecular formula is C19H21BN2. The zero-order valence-electron chi connectivity index (χ0n) is 13.2. The van der Waals surface area contributed by atoms with E-state index in [0.717, 1.165) is 5.70 Å². The second kappa shape index (κ2) is 8.03. The van der Waals surface area contributed by atoms with Crippen molar-refractivity contribution in [2.75, 3.05) is 0 Å². The topological polar surface area (TPSA) is 17.8 Å². The van der Waals surface area contributed by atoms with Gasteiger partial charge in [-0.1, -0.05) is 85.0 Å². The van der Waals surface area contributed by atoms with E-state index in [1.54, 1.807) is 12.5 Å². The molecule has 110 valence electrons. The molecule has 2 aromatic carbocycles. The SMILES string of the molecule is C=C(C)n1ccnc1.CB(c1ccccc1)c1ccccc1. The Morgan fingerprint density at radius 1 is 0.955 bits per heavy atom. The Morgan fingerprint density at radius 2 is 1.45 bits per heavy atom. The molecule has 22 heavy (non-hydrogen) atoms. The highest BCUT2D eigenvalue weighted by atomic mass is 15.0. The van der Waals surface area contributed by atoms with Gasteiger partial charge in [0.15, 0.2) is 0 Å². The van der Waals surface area contributed by atoms with Crippen LogP contribution in [-0.2, 0) is 0 Å². The summed E-state index contributed by atoms with van der Waals surface area (Å²) < 4.78 is 1.86. The maximum absolute atomic E-state index is 3.85. The first-order valence-corrected chi connectivity index (χ1v) is 7.42. The predicted octanol–water partition coefficient (Wildman–Crippen LogP) is 3.30. The van der Waals surface area contributed by atoms with E-state index in [0.29, 0.717) is 6.71 Å². The van der Waals surface area contributed by atoms with E-state index in [2.05, 4.69) is 79.0 Å². The van der Waals surface area contributed by atoms with Crippen molar-refractivity contribution in [2.24, 2.45) is 0 Å². The van der Waals surface area contributed by atoms with Gasteiger partial charge in [-0.15, -0.1) is 0 Å². The van der Waals surface area contributed by atoms with Crippen LogP contribution in [0, 0.1) is 0 Å². The normalized spacial score (nSPS) is 9.55. The second-order valence-corrected chi connectivity index (χ2v) is 5.25. The van der Waals surface area contributed by atoms with Gasteiger partial charge in [0.2, 0.25) is 6.71 Å². The van der Waals surface area contributed by atoms with Gasteiger partial charge < -0.3 is 4.57 Å². The highest BCUT2D eigenvalue weighted by Crippen LogP contribution is 1.95. The molecule has 0 aliphatic heterocycles. The van der Waals surface area contributed by atoms with Crippen LogP contribution in [0.2, 0.25) is 6.82 Å². The monoisotopic (exact) mass is 288 g/mol. The molecule has 0 N–H and O–H groups in total. The first kappa shape index (κ1) is 15.8. The number of rotatable bonds is 3. The number of imidazole rings is 1. The van der Waals surface area contributed by atoms with Crippen molar-refractivity contribution in [2.45, 2.75) is 13.7 Å². The summed E-state index contributed by atoms with van der Waals surface area (Å²) in [7, 11) is 0. The zero-order valence-corrected chi connectivity index (χ0v) is 13.2. The van der Waals surface area contributed by atoms with Crippen molar-refractivity contribution < 1.29 is 0 Å². The van der Waals surface area contributed by atoms with Crippen LogP contribution in [-0.4, -0.2) is 16.3 Å². The molecule has 0 spiro atoms. The molecule has 0 aliphatic rings. The number of nitrogens with zero attached hydrogens (tertiary/aromatic N) is 2. The molecular weight excluding hydrogens is 267 g/mol. The summed E-state index contributed by atoms with van der Waals surface area (Å²) in [4.78, 5) is 3.85. The van der Waals surface area contributed by atoms with Crippen LogP contribution in [0.1, 0.15) is 6.92 Å². The van der Waals surface area contributed by atoms with Crippen molar-refractivity contribution in [1.29, 1.82) is 0 Å². The highest BCUT2D eigenvalue weighted by molar-refractivity contribution is 6.84. The summed E-state index contributed by atoms with van der Waals surface area (Å²) in [5, 5.41) is 0. The lowest BCUT2D eigenvalue weighted by molar-refractivity contribution is 1.08. The van der Waals surface area contributed by atoms with Gasteiger partial charge in [0.25, 0.3) is 0 Å². The molecule has 0 fully saturated rings. The van der Waals surface area contributed by atoms with E-state index in [4.69, 9.17) is 0 Å². The van der Waals surface area contributed by atoms with Crippen LogP contribution >= 0.6 is 0 Å². The lowest BCUT2D eigenvalue weighted by Crippen LogP contribution is -2.38. The molecule has 0 radical (unpaired) electrons. The fraction of sp³-hybridized carbons (Fsp3) is 0.105. The third kappa shape index (κ3) is 4.49. The molecule has 0 bridgehead atoms. The Morgan fingerprint density at radius 3 is 1.77 bits per heavy atom. The van der Waals surface area contributed by atoms with Gasteiger partial charge in [-0.2, -0.15) is 0 Å². The van der Waals surface area contributed by atoms with E-state index in [9.17, 15) is 0 Å². The van der Waals surface area contributed by atoms with Crippen LogP contribution < -0.4 is 10.9 Å². The third-order valence-electron chi connectivity index (χ3n) is 3.54. The Labute approximate surface area is 133 Å². The quantitative estimate of drug-likeness (QED) is 0.676. The lowest BCUT2D eigenvalue weighted by atomic mass is 9.43. The van der Waals surface area contributed by atoms with E-state index >= 15 is 0 Å². The van der Waals surface area contributed by atoms with Crippen molar-refractivity contribution in [3.8, 4) is 0 Å². The maximum atomic E-state index is 3.85. The average molecular weight is 288 g/mol. The lowest BCUT2D eigenvalue weighted by Gasteiger charge is -2.08. The van der Waals surface area contributed by atoms with Crippen LogP contribution in [0.4, 0.5) is 0 Å². The summed E-state index contributed by atoms with van der Waals surface area (Å²) in [6.45, 7) is 8.38. The summed E-state index contributed by atoms with van der Waals surface area (Å²) in [5.41, 5.74) is 3.74. The van der Waals surface area contributed by atoms with Gasteiger partial charge in [0.1, 0.15) is 0 Å². The van der Waals surface area contributed by atoms with Crippen LogP contribution in [0.5, 0.6) is 0 Å². The standard InChI is InChI=1S/C13H13B.C6H8N2/c1-14(12-8-4-2-5-9-12)13-10-6-3-7-11-13;1-6(2)8-4-3-7-5-8/h2-11H,1H3;3-5H,1H2,2H3.